The molecule has 1 spiro atoms. The number of nitrogens with one attached hydrogen (secondary N) is 1. The Morgan fingerprint density at radius 3 is 2.66 bits per heavy atom. The quantitative estimate of drug-likeness (QED) is 0.639. The molecule has 1 aromatic carbocycles. The Morgan fingerprint density at radius 1 is 1.17 bits per heavy atom. The molecule has 2 aliphatic rings. The van der Waals surface area contributed by atoms with Gasteiger partial charge < -0.3 is 9.88 Å². The lowest BCUT2D eigenvalue weighted by atomic mass is 9.84. The van der Waals surface area contributed by atoms with E-state index in [0.29, 0.717) is 12.0 Å². The van der Waals surface area contributed by atoms with E-state index in [0.717, 1.165) is 53.2 Å². The van der Waals surface area contributed by atoms with Gasteiger partial charge in [-0.2, -0.15) is 0 Å². The lowest BCUT2D eigenvalue weighted by Crippen LogP contribution is -2.44. The van der Waals surface area contributed by atoms with Crippen molar-refractivity contribution in [1.29, 1.82) is 0 Å². The van der Waals surface area contributed by atoms with Crippen LogP contribution < -0.4 is 5.32 Å². The first-order valence-corrected chi connectivity index (χ1v) is 10.3. The standard InChI is InChI=1S/C23H27N3O3/c1-4-25-15(2)13-18(16(25)3)20(27)14-26-21(28)23(24-22(26)29)12-8-7-10-17-9-5-6-11-19(17)23/h5-6,9,11,13H,4,7-8,10,12,14H2,1-3H3,(H,24,29)/t23-/m0/s1. The average Bonchev–Trinajstić information content (AvgIpc) is 3.03. The van der Waals surface area contributed by atoms with Crippen molar-refractivity contribution in [2.45, 2.75) is 58.5 Å². The molecule has 6 nitrogen and oxygen atoms in total. The molecule has 152 valence electrons. The Bertz CT molecular complexity index is 1010. The number of urea groups is 1. The molecule has 29 heavy (non-hydrogen) atoms. The number of fused-ring (bicyclic) bond motifs is 2. The van der Waals surface area contributed by atoms with Crippen LogP contribution in [0.1, 0.15) is 59.1 Å². The number of imide groups is 1. The van der Waals surface area contributed by atoms with Crippen LogP contribution in [-0.2, 0) is 23.3 Å². The van der Waals surface area contributed by atoms with Crippen LogP contribution in [-0.4, -0.2) is 33.7 Å². The van der Waals surface area contributed by atoms with Gasteiger partial charge in [-0.1, -0.05) is 24.3 Å². The molecular formula is C23H27N3O3. The van der Waals surface area contributed by atoms with Crippen LogP contribution in [0.25, 0.3) is 0 Å². The minimum atomic E-state index is -1.05. The van der Waals surface area contributed by atoms with E-state index in [1.54, 1.807) is 0 Å². The number of carbonyl (C=O) groups excluding carboxylic acids is 3. The molecule has 2 aromatic rings. The number of nitrogens with zero attached hydrogens (tertiary/aromatic N) is 2. The number of hydrogen-bond acceptors (Lipinski definition) is 3. The first-order valence-electron chi connectivity index (χ1n) is 10.3. The van der Waals surface area contributed by atoms with E-state index in [9.17, 15) is 14.4 Å². The summed E-state index contributed by atoms with van der Waals surface area (Å²) in [6, 6.07) is 9.18. The molecule has 0 radical (unpaired) electrons. The molecule has 6 heteroatoms. The topological polar surface area (TPSA) is 71.4 Å². The highest BCUT2D eigenvalue weighted by Crippen LogP contribution is 2.39. The van der Waals surface area contributed by atoms with E-state index < -0.39 is 11.6 Å². The molecule has 0 saturated carbocycles. The molecule has 1 aromatic heterocycles. The number of aromatic nitrogens is 1. The van der Waals surface area contributed by atoms with Crippen molar-refractivity contribution in [3.05, 3.63) is 58.4 Å². The summed E-state index contributed by atoms with van der Waals surface area (Å²) in [4.78, 5) is 40.4. The molecule has 1 saturated heterocycles. The molecule has 3 amide bonds. The fraction of sp³-hybridized carbons (Fsp3) is 0.435. The van der Waals surface area contributed by atoms with E-state index in [-0.39, 0.29) is 18.2 Å². The first-order chi connectivity index (χ1) is 13.9. The molecule has 0 bridgehead atoms. The summed E-state index contributed by atoms with van der Waals surface area (Å²) in [6.45, 7) is 6.42. The number of amides is 3. The Balaban J connectivity index is 1.65. The van der Waals surface area contributed by atoms with Gasteiger partial charge in [0.05, 0.1) is 6.54 Å². The van der Waals surface area contributed by atoms with Crippen LogP contribution in [0.2, 0.25) is 0 Å². The molecule has 1 fully saturated rings. The van der Waals surface area contributed by atoms with Crippen LogP contribution >= 0.6 is 0 Å². The molecular weight excluding hydrogens is 366 g/mol. The summed E-state index contributed by atoms with van der Waals surface area (Å²) in [7, 11) is 0. The second kappa shape index (κ2) is 7.17. The van der Waals surface area contributed by atoms with E-state index in [2.05, 4.69) is 9.88 Å². The van der Waals surface area contributed by atoms with Crippen molar-refractivity contribution in [2.24, 2.45) is 0 Å². The summed E-state index contributed by atoms with van der Waals surface area (Å²) < 4.78 is 2.06. The van der Waals surface area contributed by atoms with Gasteiger partial charge in [-0.15, -0.1) is 0 Å². The highest BCUT2D eigenvalue weighted by Gasteiger charge is 2.53. The second-order valence-electron chi connectivity index (χ2n) is 8.04. The Morgan fingerprint density at radius 2 is 1.93 bits per heavy atom. The number of hydrogen-bond donors (Lipinski definition) is 1. The van der Waals surface area contributed by atoms with Gasteiger partial charge in [-0.05, 0) is 63.6 Å². The van der Waals surface area contributed by atoms with Crippen LogP contribution in [0.5, 0.6) is 0 Å². The molecule has 1 aliphatic heterocycles. The summed E-state index contributed by atoms with van der Waals surface area (Å²) in [5.41, 5.74) is 3.36. The van der Waals surface area contributed by atoms with E-state index >= 15 is 0 Å². The third kappa shape index (κ3) is 2.98. The van der Waals surface area contributed by atoms with Crippen LogP contribution in [0, 0.1) is 13.8 Å². The number of ketones is 1. The molecule has 1 atom stereocenters. The summed E-state index contributed by atoms with van der Waals surface area (Å²) in [5, 5.41) is 2.94. The molecule has 1 aliphatic carbocycles. The van der Waals surface area contributed by atoms with E-state index in [1.807, 2.05) is 51.1 Å². The van der Waals surface area contributed by atoms with Crippen molar-refractivity contribution in [3.63, 3.8) is 0 Å². The zero-order valence-corrected chi connectivity index (χ0v) is 17.2. The van der Waals surface area contributed by atoms with Crippen molar-refractivity contribution < 1.29 is 14.4 Å². The fourth-order valence-electron chi connectivity index (χ4n) is 4.92. The van der Waals surface area contributed by atoms with Crippen molar-refractivity contribution in [1.82, 2.24) is 14.8 Å². The number of Topliss-reactive ketones (excluding diaryl/α,β-unsaturated/α-hetero) is 1. The third-order valence-corrected chi connectivity index (χ3v) is 6.39. The zero-order chi connectivity index (χ0) is 20.8. The van der Waals surface area contributed by atoms with Crippen LogP contribution in [0.15, 0.2) is 30.3 Å². The minimum absolute atomic E-state index is 0.208. The number of benzene rings is 1. The van der Waals surface area contributed by atoms with E-state index in [1.165, 1.54) is 0 Å². The highest BCUT2D eigenvalue weighted by atomic mass is 16.2. The summed E-state index contributed by atoms with van der Waals surface area (Å²) in [5.74, 6) is -0.519. The first kappa shape index (κ1) is 19.4. The second-order valence-corrected chi connectivity index (χ2v) is 8.04. The maximum atomic E-state index is 13.5. The van der Waals surface area contributed by atoms with Gasteiger partial charge in [0.25, 0.3) is 5.91 Å². The van der Waals surface area contributed by atoms with Gasteiger partial charge in [-0.25, -0.2) is 4.79 Å². The van der Waals surface area contributed by atoms with Gasteiger partial charge in [0, 0.05) is 23.5 Å². The highest BCUT2D eigenvalue weighted by molar-refractivity contribution is 6.11. The monoisotopic (exact) mass is 393 g/mol. The van der Waals surface area contributed by atoms with Crippen molar-refractivity contribution in [2.75, 3.05) is 6.54 Å². The van der Waals surface area contributed by atoms with Gasteiger partial charge in [-0.3, -0.25) is 14.5 Å². The number of rotatable bonds is 4. The van der Waals surface area contributed by atoms with Gasteiger partial charge in [0.15, 0.2) is 5.78 Å². The summed E-state index contributed by atoms with van der Waals surface area (Å²) >= 11 is 0. The van der Waals surface area contributed by atoms with Gasteiger partial charge >= 0.3 is 6.03 Å². The third-order valence-electron chi connectivity index (χ3n) is 6.39. The maximum Gasteiger partial charge on any atom is 0.325 e. The SMILES string of the molecule is CCn1c(C)cc(C(=O)CN2C(=O)N[C@]3(CCCCc4ccccc43)C2=O)c1C. The molecule has 4 rings (SSSR count). The molecule has 1 N–H and O–H groups in total. The zero-order valence-electron chi connectivity index (χ0n) is 17.2. The number of aryl methyl sites for hydroxylation is 2. The molecule has 2 heterocycles. The fourth-order valence-corrected chi connectivity index (χ4v) is 4.92. The minimum Gasteiger partial charge on any atom is -0.349 e. The number of carbonyl (C=O) groups is 3. The lowest BCUT2D eigenvalue weighted by Gasteiger charge is -2.27. The van der Waals surface area contributed by atoms with E-state index in [4.69, 9.17) is 0 Å². The smallest absolute Gasteiger partial charge is 0.325 e. The normalized spacial score (nSPS) is 21.3. The summed E-state index contributed by atoms with van der Waals surface area (Å²) in [6.07, 6.45) is 3.27. The Kier molecular flexibility index (Phi) is 4.81. The van der Waals surface area contributed by atoms with Gasteiger partial charge in [0.2, 0.25) is 0 Å². The van der Waals surface area contributed by atoms with Gasteiger partial charge in [0.1, 0.15) is 5.54 Å². The maximum absolute atomic E-state index is 13.5. The average molecular weight is 393 g/mol. The van der Waals surface area contributed by atoms with Crippen molar-refractivity contribution in [3.8, 4) is 0 Å². The van der Waals surface area contributed by atoms with Crippen molar-refractivity contribution >= 4 is 17.7 Å². The Hall–Kier alpha value is -2.89. The lowest BCUT2D eigenvalue weighted by molar-refractivity contribution is -0.131. The van der Waals surface area contributed by atoms with Crippen LogP contribution in [0.3, 0.4) is 0 Å². The predicted octanol–water partition coefficient (Wildman–Crippen LogP) is 3.48. The van der Waals surface area contributed by atoms with Crippen LogP contribution in [0.4, 0.5) is 4.79 Å². The largest absolute Gasteiger partial charge is 0.349 e. The Labute approximate surface area is 170 Å². The predicted molar refractivity (Wildman–Crippen MR) is 110 cm³/mol. The molecule has 0 unspecified atom stereocenters.